The van der Waals surface area contributed by atoms with Crippen LogP contribution in [0.4, 0.5) is 14.6 Å². The molecular weight excluding hydrogens is 464 g/mol. The van der Waals surface area contributed by atoms with Crippen LogP contribution in [-0.2, 0) is 0 Å². The number of aliphatic hydroxyl groups excluding tert-OH is 1. The van der Waals surface area contributed by atoms with Gasteiger partial charge in [0.15, 0.2) is 5.01 Å². The summed E-state index contributed by atoms with van der Waals surface area (Å²) in [6, 6.07) is 0.651. The van der Waals surface area contributed by atoms with E-state index in [2.05, 4.69) is 20.6 Å². The van der Waals surface area contributed by atoms with E-state index in [4.69, 9.17) is 0 Å². The van der Waals surface area contributed by atoms with Crippen molar-refractivity contribution < 1.29 is 23.5 Å². The molecule has 2 aromatic rings. The summed E-state index contributed by atoms with van der Waals surface area (Å²) in [5, 5.41) is 15.1. The van der Waals surface area contributed by atoms with Crippen molar-refractivity contribution in [2.45, 2.75) is 71.5 Å². The van der Waals surface area contributed by atoms with Gasteiger partial charge in [0.1, 0.15) is 11.5 Å². The number of aryl methyl sites for hydroxylation is 1. The van der Waals surface area contributed by atoms with E-state index < -0.39 is 42.8 Å². The second kappa shape index (κ2) is 9.53. The third kappa shape index (κ3) is 5.87. The van der Waals surface area contributed by atoms with E-state index in [-0.39, 0.29) is 22.8 Å². The highest BCUT2D eigenvalue weighted by Crippen LogP contribution is 2.37. The minimum Gasteiger partial charge on any atom is -0.394 e. The monoisotopic (exact) mass is 495 g/mol. The van der Waals surface area contributed by atoms with Crippen LogP contribution in [0.5, 0.6) is 0 Å². The molecule has 2 aromatic heterocycles. The standard InChI is InChI=1S/C23H31F2N5O3S/c1-12-7-16(29-22(4,5)6)26-9-15(12)18-17(21(33)30-11-23(24,25)8-14(30)3)28-20(34-18)19(32)27-13(2)10-31/h7,9,13-14,31H,8,10-11H2,1-6H3,(H,26,29)(H,27,32)/t13-,14+/m1/s1. The molecule has 0 spiro atoms. The van der Waals surface area contributed by atoms with E-state index in [0.29, 0.717) is 16.3 Å². The van der Waals surface area contributed by atoms with Crippen molar-refractivity contribution in [1.29, 1.82) is 0 Å². The number of amides is 2. The van der Waals surface area contributed by atoms with Crippen LogP contribution in [0.3, 0.4) is 0 Å². The predicted molar refractivity (Wildman–Crippen MR) is 128 cm³/mol. The molecular formula is C23H31F2N5O3S. The molecule has 3 N–H and O–H groups in total. The zero-order valence-electron chi connectivity index (χ0n) is 20.2. The summed E-state index contributed by atoms with van der Waals surface area (Å²) in [4.78, 5) is 36.2. The topological polar surface area (TPSA) is 107 Å². The molecule has 1 fully saturated rings. The molecule has 11 heteroatoms. The fourth-order valence-electron chi connectivity index (χ4n) is 3.74. The Hall–Kier alpha value is -2.66. The molecule has 3 heterocycles. The van der Waals surface area contributed by atoms with Gasteiger partial charge in [-0.1, -0.05) is 0 Å². The summed E-state index contributed by atoms with van der Waals surface area (Å²) in [6.07, 6.45) is 1.17. The van der Waals surface area contributed by atoms with Gasteiger partial charge in [-0.15, -0.1) is 11.3 Å². The number of anilines is 1. The fourth-order valence-corrected chi connectivity index (χ4v) is 4.78. The Morgan fingerprint density at radius 1 is 1.38 bits per heavy atom. The maximum atomic E-state index is 14.0. The normalized spacial score (nSPS) is 18.6. The number of nitrogens with one attached hydrogen (secondary N) is 2. The number of nitrogens with zero attached hydrogens (tertiary/aromatic N) is 3. The minimum atomic E-state index is -2.97. The lowest BCUT2D eigenvalue weighted by Crippen LogP contribution is -2.36. The summed E-state index contributed by atoms with van der Waals surface area (Å²) in [7, 11) is 0. The van der Waals surface area contributed by atoms with Gasteiger partial charge in [-0.05, 0) is 53.2 Å². The number of carbonyl (C=O) groups is 2. The van der Waals surface area contributed by atoms with Gasteiger partial charge in [0.25, 0.3) is 17.7 Å². The van der Waals surface area contributed by atoms with E-state index in [1.807, 2.05) is 33.8 Å². The Morgan fingerprint density at radius 2 is 2.06 bits per heavy atom. The molecule has 0 saturated carbocycles. The smallest absolute Gasteiger partial charge is 0.280 e. The van der Waals surface area contributed by atoms with Crippen molar-refractivity contribution in [2.75, 3.05) is 18.5 Å². The first-order valence-electron chi connectivity index (χ1n) is 11.1. The maximum Gasteiger partial charge on any atom is 0.280 e. The molecule has 1 aliphatic heterocycles. The number of aromatic nitrogens is 2. The van der Waals surface area contributed by atoms with Crippen molar-refractivity contribution in [1.82, 2.24) is 20.2 Å². The van der Waals surface area contributed by atoms with Crippen LogP contribution in [0.15, 0.2) is 12.3 Å². The van der Waals surface area contributed by atoms with Gasteiger partial charge < -0.3 is 20.6 Å². The van der Waals surface area contributed by atoms with Gasteiger partial charge in [-0.2, -0.15) is 0 Å². The van der Waals surface area contributed by atoms with Gasteiger partial charge in [-0.3, -0.25) is 9.59 Å². The van der Waals surface area contributed by atoms with Gasteiger partial charge in [0, 0.05) is 35.8 Å². The molecule has 2 atom stereocenters. The quantitative estimate of drug-likeness (QED) is 0.564. The van der Waals surface area contributed by atoms with Crippen molar-refractivity contribution in [3.05, 3.63) is 28.5 Å². The first kappa shape index (κ1) is 26.0. The fraction of sp³-hybridized carbons (Fsp3) is 0.565. The zero-order valence-corrected chi connectivity index (χ0v) is 21.0. The van der Waals surface area contributed by atoms with Gasteiger partial charge >= 0.3 is 0 Å². The molecule has 8 nitrogen and oxygen atoms in total. The number of rotatable bonds is 6. The zero-order chi connectivity index (χ0) is 25.4. The highest BCUT2D eigenvalue weighted by atomic mass is 32.1. The number of thiazole rings is 1. The van der Waals surface area contributed by atoms with E-state index in [1.165, 1.54) is 0 Å². The number of carbonyl (C=O) groups excluding carboxylic acids is 2. The Balaban J connectivity index is 2.05. The summed E-state index contributed by atoms with van der Waals surface area (Å²) in [6.45, 7) is 10.1. The highest BCUT2D eigenvalue weighted by Gasteiger charge is 2.46. The van der Waals surface area contributed by atoms with Gasteiger partial charge in [0.05, 0.1) is 18.0 Å². The molecule has 3 rings (SSSR count). The second-order valence-corrected chi connectivity index (χ2v) is 10.9. The number of likely N-dealkylation sites (tertiary alicyclic amines) is 1. The molecule has 0 bridgehead atoms. The van der Waals surface area contributed by atoms with Gasteiger partial charge in [0.2, 0.25) is 0 Å². The number of hydrogen-bond acceptors (Lipinski definition) is 7. The van der Waals surface area contributed by atoms with Crippen molar-refractivity contribution >= 4 is 29.0 Å². The molecule has 2 amide bonds. The van der Waals surface area contributed by atoms with Crippen LogP contribution in [0.1, 0.15) is 66.9 Å². The molecule has 34 heavy (non-hydrogen) atoms. The number of pyridine rings is 1. The van der Waals surface area contributed by atoms with Crippen LogP contribution in [0, 0.1) is 6.92 Å². The summed E-state index contributed by atoms with van der Waals surface area (Å²) in [5.74, 6) is -3.53. The lowest BCUT2D eigenvalue weighted by molar-refractivity contribution is 0.0118. The maximum absolute atomic E-state index is 14.0. The Kier molecular flexibility index (Phi) is 7.28. The van der Waals surface area contributed by atoms with Crippen LogP contribution in [0.25, 0.3) is 10.4 Å². The Morgan fingerprint density at radius 3 is 2.59 bits per heavy atom. The third-order valence-corrected chi connectivity index (χ3v) is 6.41. The molecule has 1 aliphatic rings. The lowest BCUT2D eigenvalue weighted by Gasteiger charge is -2.22. The molecule has 0 aliphatic carbocycles. The average Bonchev–Trinajstić information content (AvgIpc) is 3.26. The number of hydrogen-bond donors (Lipinski definition) is 3. The number of aliphatic hydroxyl groups is 1. The van der Waals surface area contributed by atoms with Crippen LogP contribution in [-0.4, -0.2) is 68.5 Å². The molecule has 0 unspecified atom stereocenters. The largest absolute Gasteiger partial charge is 0.394 e. The first-order valence-corrected chi connectivity index (χ1v) is 11.9. The number of halogens is 2. The van der Waals surface area contributed by atoms with Crippen LogP contribution >= 0.6 is 11.3 Å². The summed E-state index contributed by atoms with van der Waals surface area (Å²) >= 11 is 0.994. The predicted octanol–water partition coefficient (Wildman–Crippen LogP) is 3.70. The van der Waals surface area contributed by atoms with E-state index in [0.717, 1.165) is 21.8 Å². The molecule has 0 radical (unpaired) electrons. The third-order valence-electron chi connectivity index (χ3n) is 5.32. The Bertz CT molecular complexity index is 1080. The van der Waals surface area contributed by atoms with Crippen molar-refractivity contribution in [3.63, 3.8) is 0 Å². The molecule has 186 valence electrons. The summed E-state index contributed by atoms with van der Waals surface area (Å²) < 4.78 is 28.0. The van der Waals surface area contributed by atoms with E-state index in [1.54, 1.807) is 20.0 Å². The van der Waals surface area contributed by atoms with E-state index in [9.17, 15) is 23.5 Å². The molecule has 1 saturated heterocycles. The van der Waals surface area contributed by atoms with Crippen molar-refractivity contribution in [3.8, 4) is 10.4 Å². The summed E-state index contributed by atoms with van der Waals surface area (Å²) in [5.41, 5.74) is 1.11. The van der Waals surface area contributed by atoms with Crippen LogP contribution < -0.4 is 10.6 Å². The highest BCUT2D eigenvalue weighted by molar-refractivity contribution is 7.17. The lowest BCUT2D eigenvalue weighted by atomic mass is 10.1. The van der Waals surface area contributed by atoms with Gasteiger partial charge in [-0.25, -0.2) is 18.7 Å². The minimum absolute atomic E-state index is 0.00792. The molecule has 0 aromatic carbocycles. The first-order chi connectivity index (χ1) is 15.7. The van der Waals surface area contributed by atoms with Crippen LogP contribution in [0.2, 0.25) is 0 Å². The van der Waals surface area contributed by atoms with E-state index >= 15 is 0 Å². The Labute approximate surface area is 201 Å². The average molecular weight is 496 g/mol. The second-order valence-electron chi connectivity index (χ2n) is 9.86. The number of alkyl halides is 2. The SMILES string of the molecule is Cc1cc(NC(C)(C)C)ncc1-c1sc(C(=O)N[C@H](C)CO)nc1C(=O)N1CC(F)(F)C[C@@H]1C. The van der Waals surface area contributed by atoms with Crippen molar-refractivity contribution in [2.24, 2.45) is 0 Å².